The van der Waals surface area contributed by atoms with Gasteiger partial charge in [-0.3, -0.25) is 0 Å². The van der Waals surface area contributed by atoms with Gasteiger partial charge < -0.3 is 14.8 Å². The highest BCUT2D eigenvalue weighted by molar-refractivity contribution is 5.36. The van der Waals surface area contributed by atoms with Crippen LogP contribution in [0.15, 0.2) is 12.3 Å². The van der Waals surface area contributed by atoms with Crippen LogP contribution >= 0.6 is 0 Å². The molecule has 4 atom stereocenters. The molecular formula is C13H19N3O2. The van der Waals surface area contributed by atoms with Crippen LogP contribution in [0.2, 0.25) is 0 Å². The van der Waals surface area contributed by atoms with Crippen LogP contribution in [-0.4, -0.2) is 42.4 Å². The molecule has 1 aliphatic carbocycles. The monoisotopic (exact) mass is 249 g/mol. The second-order valence-corrected chi connectivity index (χ2v) is 5.07. The van der Waals surface area contributed by atoms with Gasteiger partial charge in [-0.1, -0.05) is 0 Å². The highest BCUT2D eigenvalue weighted by Crippen LogP contribution is 2.44. The summed E-state index contributed by atoms with van der Waals surface area (Å²) in [5, 5.41) is 3.51. The van der Waals surface area contributed by atoms with Crippen LogP contribution in [0.3, 0.4) is 0 Å². The normalized spacial score (nSPS) is 33.9. The van der Waals surface area contributed by atoms with Gasteiger partial charge in [-0.05, 0) is 19.4 Å². The Balaban J connectivity index is 1.71. The predicted octanol–water partition coefficient (Wildman–Crippen LogP) is 1.25. The third kappa shape index (κ3) is 1.97. The standard InChI is InChI=1S/C13H19N3O2/c1-8-14-5-3-11(15-8)16-12-9-4-6-18-13(9)10(12)7-17-2/h3,5,9-10,12-13H,4,6-7H2,1-2H3,(H,14,15,16)/t9-,10+,12-,13-/m1/s1. The van der Waals surface area contributed by atoms with Gasteiger partial charge in [0.2, 0.25) is 0 Å². The van der Waals surface area contributed by atoms with Crippen molar-refractivity contribution < 1.29 is 9.47 Å². The van der Waals surface area contributed by atoms with Crippen LogP contribution in [0, 0.1) is 18.8 Å². The summed E-state index contributed by atoms with van der Waals surface area (Å²) in [6.45, 7) is 3.51. The van der Waals surface area contributed by atoms with E-state index in [1.165, 1.54) is 0 Å². The zero-order valence-electron chi connectivity index (χ0n) is 10.8. The van der Waals surface area contributed by atoms with Gasteiger partial charge in [0, 0.05) is 37.8 Å². The molecule has 0 amide bonds. The predicted molar refractivity (Wildman–Crippen MR) is 67.4 cm³/mol. The number of hydrogen-bond acceptors (Lipinski definition) is 5. The number of rotatable bonds is 4. The average molecular weight is 249 g/mol. The summed E-state index contributed by atoms with van der Waals surface area (Å²) in [5.41, 5.74) is 0. The third-order valence-electron chi connectivity index (χ3n) is 3.98. The van der Waals surface area contributed by atoms with E-state index in [4.69, 9.17) is 9.47 Å². The summed E-state index contributed by atoms with van der Waals surface area (Å²) in [7, 11) is 1.74. The SMILES string of the molecule is COC[C@H]1[C@H](Nc2ccnc(C)n2)[C@H]2CCO[C@H]21. The van der Waals surface area contributed by atoms with Gasteiger partial charge in [0.1, 0.15) is 11.6 Å². The first-order chi connectivity index (χ1) is 8.79. The van der Waals surface area contributed by atoms with Gasteiger partial charge in [0.25, 0.3) is 0 Å². The number of ether oxygens (including phenoxy) is 2. The zero-order chi connectivity index (χ0) is 12.5. The van der Waals surface area contributed by atoms with Gasteiger partial charge in [-0.25, -0.2) is 9.97 Å². The second kappa shape index (κ2) is 4.82. The molecule has 98 valence electrons. The minimum atomic E-state index is 0.366. The van der Waals surface area contributed by atoms with E-state index in [2.05, 4.69) is 15.3 Å². The van der Waals surface area contributed by atoms with Crippen molar-refractivity contribution in [1.82, 2.24) is 9.97 Å². The van der Waals surface area contributed by atoms with Gasteiger partial charge >= 0.3 is 0 Å². The van der Waals surface area contributed by atoms with Crippen molar-refractivity contribution in [2.75, 3.05) is 25.6 Å². The molecule has 1 aliphatic heterocycles. The van der Waals surface area contributed by atoms with E-state index in [1.54, 1.807) is 13.3 Å². The maximum absolute atomic E-state index is 5.76. The molecule has 1 N–H and O–H groups in total. The Morgan fingerprint density at radius 3 is 3.22 bits per heavy atom. The summed E-state index contributed by atoms with van der Waals surface area (Å²) < 4.78 is 11.0. The number of aromatic nitrogens is 2. The highest BCUT2D eigenvalue weighted by atomic mass is 16.5. The number of hydrogen-bond donors (Lipinski definition) is 1. The molecule has 1 aromatic heterocycles. The van der Waals surface area contributed by atoms with E-state index in [1.807, 2.05) is 13.0 Å². The van der Waals surface area contributed by atoms with Crippen molar-refractivity contribution in [2.45, 2.75) is 25.5 Å². The van der Waals surface area contributed by atoms with Crippen LogP contribution in [0.4, 0.5) is 5.82 Å². The third-order valence-corrected chi connectivity index (χ3v) is 3.98. The van der Waals surface area contributed by atoms with Crippen molar-refractivity contribution in [3.8, 4) is 0 Å². The first kappa shape index (κ1) is 11.9. The molecule has 1 saturated heterocycles. The summed E-state index contributed by atoms with van der Waals surface area (Å²) >= 11 is 0. The number of fused-ring (bicyclic) bond motifs is 1. The fourth-order valence-electron chi connectivity index (χ4n) is 3.14. The molecule has 1 aromatic rings. The van der Waals surface area contributed by atoms with Crippen LogP contribution < -0.4 is 5.32 Å². The van der Waals surface area contributed by atoms with Crippen LogP contribution in [0.5, 0.6) is 0 Å². The second-order valence-electron chi connectivity index (χ2n) is 5.07. The van der Waals surface area contributed by atoms with E-state index in [0.717, 1.165) is 31.3 Å². The molecule has 0 aromatic carbocycles. The molecule has 0 bridgehead atoms. The Labute approximate surface area is 107 Å². The summed E-state index contributed by atoms with van der Waals surface area (Å²) in [4.78, 5) is 8.51. The van der Waals surface area contributed by atoms with E-state index in [0.29, 0.717) is 24.0 Å². The lowest BCUT2D eigenvalue weighted by Crippen LogP contribution is -2.58. The van der Waals surface area contributed by atoms with Crippen molar-refractivity contribution in [2.24, 2.45) is 11.8 Å². The lowest BCUT2D eigenvalue weighted by molar-refractivity contribution is -0.0667. The topological polar surface area (TPSA) is 56.3 Å². The number of aryl methyl sites for hydroxylation is 1. The van der Waals surface area contributed by atoms with E-state index in [-0.39, 0.29) is 0 Å². The van der Waals surface area contributed by atoms with E-state index < -0.39 is 0 Å². The van der Waals surface area contributed by atoms with Crippen molar-refractivity contribution >= 4 is 5.82 Å². The van der Waals surface area contributed by atoms with Gasteiger partial charge in [-0.2, -0.15) is 0 Å². The van der Waals surface area contributed by atoms with Crippen molar-refractivity contribution in [3.63, 3.8) is 0 Å². The van der Waals surface area contributed by atoms with Crippen LogP contribution in [0.25, 0.3) is 0 Å². The molecule has 0 radical (unpaired) electrons. The highest BCUT2D eigenvalue weighted by Gasteiger charge is 2.53. The minimum Gasteiger partial charge on any atom is -0.384 e. The zero-order valence-corrected chi connectivity index (χ0v) is 10.8. The van der Waals surface area contributed by atoms with Crippen molar-refractivity contribution in [1.29, 1.82) is 0 Å². The average Bonchev–Trinajstić information content (AvgIpc) is 2.78. The summed E-state index contributed by atoms with van der Waals surface area (Å²) in [5.74, 6) is 2.72. The first-order valence-corrected chi connectivity index (χ1v) is 6.46. The smallest absolute Gasteiger partial charge is 0.129 e. The maximum Gasteiger partial charge on any atom is 0.129 e. The maximum atomic E-state index is 5.76. The number of methoxy groups -OCH3 is 1. The Morgan fingerprint density at radius 1 is 1.56 bits per heavy atom. The molecular weight excluding hydrogens is 230 g/mol. The molecule has 0 unspecified atom stereocenters. The fraction of sp³-hybridized carbons (Fsp3) is 0.692. The van der Waals surface area contributed by atoms with Gasteiger partial charge in [0.05, 0.1) is 12.7 Å². The largest absolute Gasteiger partial charge is 0.384 e. The molecule has 2 heterocycles. The molecule has 2 fully saturated rings. The summed E-state index contributed by atoms with van der Waals surface area (Å²) in [6, 6.07) is 2.33. The van der Waals surface area contributed by atoms with Crippen LogP contribution in [-0.2, 0) is 9.47 Å². The molecule has 3 rings (SSSR count). The Bertz CT molecular complexity index is 426. The van der Waals surface area contributed by atoms with Crippen molar-refractivity contribution in [3.05, 3.63) is 18.1 Å². The molecule has 0 spiro atoms. The molecule has 5 heteroatoms. The first-order valence-electron chi connectivity index (χ1n) is 6.46. The Hall–Kier alpha value is -1.20. The lowest BCUT2D eigenvalue weighted by atomic mass is 9.67. The molecule has 18 heavy (non-hydrogen) atoms. The van der Waals surface area contributed by atoms with Crippen LogP contribution in [0.1, 0.15) is 12.2 Å². The van der Waals surface area contributed by atoms with E-state index in [9.17, 15) is 0 Å². The van der Waals surface area contributed by atoms with Gasteiger partial charge in [0.15, 0.2) is 0 Å². The molecule has 2 aliphatic rings. The van der Waals surface area contributed by atoms with Gasteiger partial charge in [-0.15, -0.1) is 0 Å². The number of nitrogens with zero attached hydrogens (tertiary/aromatic N) is 2. The molecule has 5 nitrogen and oxygen atoms in total. The number of nitrogens with one attached hydrogen (secondary N) is 1. The fourth-order valence-corrected chi connectivity index (χ4v) is 3.14. The Morgan fingerprint density at radius 2 is 2.44 bits per heavy atom. The Kier molecular flexibility index (Phi) is 3.18. The quantitative estimate of drug-likeness (QED) is 0.870. The lowest BCUT2D eigenvalue weighted by Gasteiger charge is -2.47. The summed E-state index contributed by atoms with van der Waals surface area (Å²) in [6.07, 6.45) is 3.29. The van der Waals surface area contributed by atoms with E-state index >= 15 is 0 Å². The minimum absolute atomic E-state index is 0.366. The molecule has 1 saturated carbocycles. The number of anilines is 1.